The van der Waals surface area contributed by atoms with Crippen LogP contribution in [0.3, 0.4) is 0 Å². The van der Waals surface area contributed by atoms with Crippen molar-refractivity contribution in [2.45, 2.75) is 154 Å². The van der Waals surface area contributed by atoms with Crippen LogP contribution >= 0.6 is 7.82 Å². The predicted octanol–water partition coefficient (Wildman–Crippen LogP) is 11.8. The molecule has 0 saturated heterocycles. The van der Waals surface area contributed by atoms with E-state index < -0.39 is 51.8 Å². The fraction of sp³-hybridized carbons (Fsp3) is 0.583. The lowest BCUT2D eigenvalue weighted by molar-refractivity contribution is -0.161. The molecule has 0 aliphatic heterocycles. The van der Waals surface area contributed by atoms with Crippen molar-refractivity contribution in [3.8, 4) is 0 Å². The number of hydrogen-bond donors (Lipinski definition) is 3. The minimum atomic E-state index is -4.64. The van der Waals surface area contributed by atoms with Gasteiger partial charge in [-0.1, -0.05) is 142 Å². The second-order valence-corrected chi connectivity index (χ2v) is 15.4. The number of aliphatic hydroxyl groups is 2. The molecule has 59 heavy (non-hydrogen) atoms. The van der Waals surface area contributed by atoms with E-state index in [0.29, 0.717) is 12.8 Å². The van der Waals surface area contributed by atoms with Gasteiger partial charge in [-0.25, -0.2) is 4.57 Å². The van der Waals surface area contributed by atoms with Crippen molar-refractivity contribution < 1.29 is 47.8 Å². The van der Waals surface area contributed by atoms with Crippen LogP contribution in [0.5, 0.6) is 0 Å². The molecule has 0 saturated carbocycles. The van der Waals surface area contributed by atoms with Crippen LogP contribution in [0.15, 0.2) is 109 Å². The van der Waals surface area contributed by atoms with E-state index in [1.165, 1.54) is 6.42 Å². The summed E-state index contributed by atoms with van der Waals surface area (Å²) in [4.78, 5) is 35.0. The Morgan fingerprint density at radius 1 is 0.525 bits per heavy atom. The topological polar surface area (TPSA) is 149 Å². The van der Waals surface area contributed by atoms with Crippen LogP contribution < -0.4 is 0 Å². The molecule has 1 unspecified atom stereocenters. The zero-order chi connectivity index (χ0) is 43.3. The number of rotatable bonds is 39. The van der Waals surface area contributed by atoms with Gasteiger partial charge < -0.3 is 24.6 Å². The molecule has 0 radical (unpaired) electrons. The van der Waals surface area contributed by atoms with E-state index in [2.05, 4.69) is 128 Å². The maximum absolute atomic E-state index is 12.6. The molecule has 0 bridgehead atoms. The number of phosphoric ester groups is 1. The number of aliphatic hydroxyl groups excluding tert-OH is 2. The summed E-state index contributed by atoms with van der Waals surface area (Å²) in [5.41, 5.74) is 0. The van der Waals surface area contributed by atoms with E-state index >= 15 is 0 Å². The molecule has 0 fully saturated rings. The molecule has 10 nitrogen and oxygen atoms in total. The lowest BCUT2D eigenvalue weighted by atomic mass is 10.1. The SMILES string of the molecule is CC/C=C/C/C=C/C/C=C/C/C=C/C/C=C/CCCCCC(=O)OC[C@H](COP(=O)(O)OC[C@@H](O)CO)OC(=O)CCCCC/C=C/C/C=C/C/C=C/C/C=C/CCC. The Hall–Kier alpha value is -3.37. The first-order valence-corrected chi connectivity index (χ1v) is 23.3. The van der Waals surface area contributed by atoms with Crippen molar-refractivity contribution >= 4 is 19.8 Å². The zero-order valence-electron chi connectivity index (χ0n) is 36.2. The molecule has 0 heterocycles. The van der Waals surface area contributed by atoms with Crippen molar-refractivity contribution in [1.82, 2.24) is 0 Å². The van der Waals surface area contributed by atoms with Crippen LogP contribution in [0.4, 0.5) is 0 Å². The van der Waals surface area contributed by atoms with Gasteiger partial charge in [0.25, 0.3) is 0 Å². The number of carbonyl (C=O) groups excluding carboxylic acids is 2. The Kier molecular flexibility index (Phi) is 40.3. The van der Waals surface area contributed by atoms with Crippen LogP contribution in [0.25, 0.3) is 0 Å². The molecule has 0 aromatic heterocycles. The number of phosphoric acid groups is 1. The Morgan fingerprint density at radius 3 is 1.37 bits per heavy atom. The van der Waals surface area contributed by atoms with Gasteiger partial charge >= 0.3 is 19.8 Å². The average molecular weight is 845 g/mol. The van der Waals surface area contributed by atoms with Crippen LogP contribution in [-0.4, -0.2) is 65.7 Å². The minimum Gasteiger partial charge on any atom is -0.462 e. The molecule has 3 N–H and O–H groups in total. The molecule has 3 atom stereocenters. The highest BCUT2D eigenvalue weighted by molar-refractivity contribution is 7.47. The summed E-state index contributed by atoms with van der Waals surface area (Å²) in [7, 11) is -4.64. The van der Waals surface area contributed by atoms with Gasteiger partial charge in [-0.15, -0.1) is 0 Å². The summed E-state index contributed by atoms with van der Waals surface area (Å²) in [5.74, 6) is -1.01. The van der Waals surface area contributed by atoms with Gasteiger partial charge in [0, 0.05) is 12.8 Å². The first-order chi connectivity index (χ1) is 28.7. The standard InChI is InChI=1S/C48H77O10P/c1-3-5-7-9-11-13-15-17-19-21-22-24-25-27-29-31-33-35-37-39-47(51)55-43-46(44-57-59(53,54)56-42-45(50)41-49)58-48(52)40-38-36-34-32-30-28-26-23-20-18-16-14-12-10-8-6-4-2/h5,7-8,10-11,13-14,16-17,19-20,22-24,27-30,45-46,49-50H,3-4,6,9,12,15,18,21,25-26,31-44H2,1-2H3,(H,53,54)/b7-5+,10-8+,13-11+,16-14+,19-17+,23-20+,24-22+,29-27+,30-28+/t45-,46+/m0/s1. The molecule has 11 heteroatoms. The fourth-order valence-electron chi connectivity index (χ4n) is 5.07. The normalized spacial score (nSPS) is 14.9. The van der Waals surface area contributed by atoms with Crippen LogP contribution in [0.2, 0.25) is 0 Å². The fourth-order valence-corrected chi connectivity index (χ4v) is 5.86. The van der Waals surface area contributed by atoms with Crippen molar-refractivity contribution in [2.75, 3.05) is 26.4 Å². The highest BCUT2D eigenvalue weighted by Crippen LogP contribution is 2.43. The Morgan fingerprint density at radius 2 is 0.932 bits per heavy atom. The highest BCUT2D eigenvalue weighted by atomic mass is 31.2. The molecule has 0 aliphatic carbocycles. The van der Waals surface area contributed by atoms with Crippen molar-refractivity contribution in [1.29, 1.82) is 0 Å². The third-order valence-electron chi connectivity index (χ3n) is 8.39. The van der Waals surface area contributed by atoms with Gasteiger partial charge in [0.15, 0.2) is 6.10 Å². The van der Waals surface area contributed by atoms with E-state index in [1.54, 1.807) is 0 Å². The molecular weight excluding hydrogens is 767 g/mol. The van der Waals surface area contributed by atoms with Crippen molar-refractivity contribution in [3.05, 3.63) is 109 Å². The number of ether oxygens (including phenoxy) is 2. The lowest BCUT2D eigenvalue weighted by Crippen LogP contribution is -2.29. The minimum absolute atomic E-state index is 0.132. The van der Waals surface area contributed by atoms with E-state index in [4.69, 9.17) is 19.1 Å². The summed E-state index contributed by atoms with van der Waals surface area (Å²) >= 11 is 0. The Bertz CT molecular complexity index is 1340. The van der Waals surface area contributed by atoms with Gasteiger partial charge in [-0.2, -0.15) is 0 Å². The maximum Gasteiger partial charge on any atom is 0.472 e. The number of unbranched alkanes of at least 4 members (excludes halogenated alkanes) is 7. The Labute approximate surface area is 356 Å². The average Bonchev–Trinajstić information content (AvgIpc) is 3.22. The third-order valence-corrected chi connectivity index (χ3v) is 9.34. The van der Waals surface area contributed by atoms with Crippen LogP contribution in [0, 0.1) is 0 Å². The first-order valence-electron chi connectivity index (χ1n) is 21.8. The third kappa shape index (κ3) is 42.6. The smallest absolute Gasteiger partial charge is 0.462 e. The van der Waals surface area contributed by atoms with Gasteiger partial charge in [0.05, 0.1) is 19.8 Å². The Balaban J connectivity index is 4.44. The summed E-state index contributed by atoms with van der Waals surface area (Å²) in [6.45, 7) is 2.09. The summed E-state index contributed by atoms with van der Waals surface area (Å²) in [5, 5.41) is 18.3. The largest absolute Gasteiger partial charge is 0.472 e. The number of allylic oxidation sites excluding steroid dienone is 18. The van der Waals surface area contributed by atoms with Crippen LogP contribution in [-0.2, 0) is 32.7 Å². The quantitative estimate of drug-likeness (QED) is 0.0236. The summed E-state index contributed by atoms with van der Waals surface area (Å²) in [6, 6.07) is 0. The van der Waals surface area contributed by atoms with Crippen molar-refractivity contribution in [3.63, 3.8) is 0 Å². The van der Waals surface area contributed by atoms with E-state index in [1.807, 2.05) is 0 Å². The second kappa shape index (κ2) is 42.7. The van der Waals surface area contributed by atoms with Gasteiger partial charge in [0.1, 0.15) is 12.7 Å². The molecule has 0 spiro atoms. The molecule has 0 amide bonds. The summed E-state index contributed by atoms with van der Waals surface area (Å²) < 4.78 is 32.7. The monoisotopic (exact) mass is 845 g/mol. The zero-order valence-corrected chi connectivity index (χ0v) is 37.1. The molecule has 0 aliphatic rings. The van der Waals surface area contributed by atoms with Gasteiger partial charge in [-0.05, 0) is 96.3 Å². The molecule has 0 rings (SSSR count). The van der Waals surface area contributed by atoms with Gasteiger partial charge in [-0.3, -0.25) is 18.6 Å². The molecular formula is C48H77O10P. The molecule has 0 aromatic rings. The van der Waals surface area contributed by atoms with Gasteiger partial charge in [0.2, 0.25) is 0 Å². The molecule has 0 aromatic carbocycles. The van der Waals surface area contributed by atoms with E-state index in [9.17, 15) is 24.2 Å². The predicted molar refractivity (Wildman–Crippen MR) is 242 cm³/mol. The van der Waals surface area contributed by atoms with E-state index in [0.717, 1.165) is 96.3 Å². The number of esters is 2. The van der Waals surface area contributed by atoms with Crippen LogP contribution in [0.1, 0.15) is 142 Å². The highest BCUT2D eigenvalue weighted by Gasteiger charge is 2.27. The maximum atomic E-state index is 12.6. The molecule has 334 valence electrons. The van der Waals surface area contributed by atoms with Crippen molar-refractivity contribution in [2.24, 2.45) is 0 Å². The second-order valence-electron chi connectivity index (χ2n) is 14.0. The number of carbonyl (C=O) groups is 2. The van der Waals surface area contributed by atoms with E-state index in [-0.39, 0.29) is 19.4 Å². The number of hydrogen-bond acceptors (Lipinski definition) is 9. The lowest BCUT2D eigenvalue weighted by Gasteiger charge is -2.20. The summed E-state index contributed by atoms with van der Waals surface area (Å²) in [6.07, 6.45) is 53.4. The first kappa shape index (κ1) is 55.6.